The fourth-order valence-corrected chi connectivity index (χ4v) is 2.73. The largest absolute Gasteiger partial charge is 0.424 e. The number of esters is 1. The monoisotopic (exact) mass is 305 g/mol. The number of rotatable bonds is 3. The van der Waals surface area contributed by atoms with Gasteiger partial charge >= 0.3 is 5.97 Å². The maximum Gasteiger partial charge on any atom is 0.308 e. The molecule has 23 heavy (non-hydrogen) atoms. The number of ether oxygens (including phenoxy) is 1. The number of fused-ring (bicyclic) bond motifs is 1. The lowest BCUT2D eigenvalue weighted by atomic mass is 10.2. The summed E-state index contributed by atoms with van der Waals surface area (Å²) in [6.45, 7) is 3.89. The summed E-state index contributed by atoms with van der Waals surface area (Å²) in [5.74, 6) is -0.0242. The van der Waals surface area contributed by atoms with E-state index in [1.54, 1.807) is 0 Å². The predicted molar refractivity (Wildman–Crippen MR) is 86.0 cm³/mol. The Hall–Kier alpha value is -3.13. The van der Waals surface area contributed by atoms with Crippen molar-refractivity contribution >= 4 is 16.9 Å². The number of hydrogen-bond acceptors (Lipinski definition) is 4. The van der Waals surface area contributed by atoms with Crippen molar-refractivity contribution in [1.82, 2.24) is 9.55 Å². The molecule has 5 heteroatoms. The van der Waals surface area contributed by atoms with Crippen LogP contribution in [0.1, 0.15) is 23.7 Å². The molecule has 0 bridgehead atoms. The molecular weight excluding hydrogens is 290 g/mol. The van der Waals surface area contributed by atoms with Crippen LogP contribution in [0.25, 0.3) is 10.9 Å². The summed E-state index contributed by atoms with van der Waals surface area (Å²) in [5.41, 5.74) is 3.06. The van der Waals surface area contributed by atoms with Crippen molar-refractivity contribution in [3.05, 3.63) is 59.5 Å². The first-order chi connectivity index (χ1) is 11.1. The van der Waals surface area contributed by atoms with Crippen LogP contribution in [0.15, 0.2) is 42.7 Å². The SMILES string of the molecule is CC(=O)Oc1cnc(C#N)c2c1c(C)cn2Cc1ccccc1. The molecule has 0 aliphatic heterocycles. The van der Waals surface area contributed by atoms with Crippen molar-refractivity contribution in [2.45, 2.75) is 20.4 Å². The minimum absolute atomic E-state index is 0.319. The van der Waals surface area contributed by atoms with Crippen LogP contribution in [-0.2, 0) is 11.3 Å². The highest BCUT2D eigenvalue weighted by atomic mass is 16.5. The first-order valence-electron chi connectivity index (χ1n) is 7.21. The van der Waals surface area contributed by atoms with Gasteiger partial charge in [-0.1, -0.05) is 30.3 Å². The smallest absolute Gasteiger partial charge is 0.308 e. The molecule has 114 valence electrons. The number of nitriles is 1. The number of carbonyl (C=O) groups is 1. The Balaban J connectivity index is 2.20. The van der Waals surface area contributed by atoms with E-state index in [9.17, 15) is 10.1 Å². The normalized spacial score (nSPS) is 10.5. The van der Waals surface area contributed by atoms with E-state index in [4.69, 9.17) is 4.74 Å². The van der Waals surface area contributed by atoms with Crippen LogP contribution >= 0.6 is 0 Å². The predicted octanol–water partition coefficient (Wildman–Crippen LogP) is 3.19. The van der Waals surface area contributed by atoms with Crippen molar-refractivity contribution in [1.29, 1.82) is 5.26 Å². The second-order valence-electron chi connectivity index (χ2n) is 5.33. The topological polar surface area (TPSA) is 67.9 Å². The molecule has 5 nitrogen and oxygen atoms in total. The van der Waals surface area contributed by atoms with E-state index < -0.39 is 5.97 Å². The summed E-state index contributed by atoms with van der Waals surface area (Å²) in [5, 5.41) is 10.1. The second-order valence-corrected chi connectivity index (χ2v) is 5.33. The van der Waals surface area contributed by atoms with Gasteiger partial charge in [-0.2, -0.15) is 5.26 Å². The number of hydrogen-bond donors (Lipinski definition) is 0. The van der Waals surface area contributed by atoms with Crippen molar-refractivity contribution in [3.63, 3.8) is 0 Å². The molecule has 2 heterocycles. The molecule has 3 rings (SSSR count). The molecule has 0 spiro atoms. The van der Waals surface area contributed by atoms with Crippen LogP contribution in [0.2, 0.25) is 0 Å². The first-order valence-corrected chi connectivity index (χ1v) is 7.21. The zero-order chi connectivity index (χ0) is 16.4. The van der Waals surface area contributed by atoms with Gasteiger partial charge in [-0.25, -0.2) is 4.98 Å². The average Bonchev–Trinajstić information content (AvgIpc) is 2.85. The van der Waals surface area contributed by atoms with E-state index in [2.05, 4.69) is 11.1 Å². The third-order valence-corrected chi connectivity index (χ3v) is 3.60. The zero-order valence-corrected chi connectivity index (χ0v) is 12.9. The number of pyridine rings is 1. The van der Waals surface area contributed by atoms with Crippen LogP contribution in [0.3, 0.4) is 0 Å². The molecule has 0 aliphatic carbocycles. The highest BCUT2D eigenvalue weighted by Crippen LogP contribution is 2.32. The molecule has 0 saturated carbocycles. The van der Waals surface area contributed by atoms with Crippen molar-refractivity contribution in [3.8, 4) is 11.8 Å². The molecule has 2 aromatic heterocycles. The highest BCUT2D eigenvalue weighted by molar-refractivity contribution is 5.93. The number of nitrogens with zero attached hydrogens (tertiary/aromatic N) is 3. The van der Waals surface area contributed by atoms with E-state index in [0.717, 1.165) is 16.5 Å². The van der Waals surface area contributed by atoms with Crippen LogP contribution in [0.4, 0.5) is 0 Å². The van der Waals surface area contributed by atoms with Crippen molar-refractivity contribution < 1.29 is 9.53 Å². The lowest BCUT2D eigenvalue weighted by molar-refractivity contribution is -0.131. The van der Waals surface area contributed by atoms with E-state index in [-0.39, 0.29) is 0 Å². The van der Waals surface area contributed by atoms with Crippen molar-refractivity contribution in [2.75, 3.05) is 0 Å². The minimum Gasteiger partial charge on any atom is -0.424 e. The Morgan fingerprint density at radius 3 is 2.74 bits per heavy atom. The zero-order valence-electron chi connectivity index (χ0n) is 12.9. The van der Waals surface area contributed by atoms with Gasteiger partial charge in [0.05, 0.1) is 17.1 Å². The van der Waals surface area contributed by atoms with E-state index in [1.165, 1.54) is 13.1 Å². The molecule has 3 aromatic rings. The second kappa shape index (κ2) is 5.93. The van der Waals surface area contributed by atoms with Gasteiger partial charge in [0.2, 0.25) is 0 Å². The molecule has 1 aromatic carbocycles. The summed E-state index contributed by atoms with van der Waals surface area (Å²) in [7, 11) is 0. The van der Waals surface area contributed by atoms with Crippen LogP contribution in [-0.4, -0.2) is 15.5 Å². The summed E-state index contributed by atoms with van der Waals surface area (Å²) in [6, 6.07) is 12.1. The summed E-state index contributed by atoms with van der Waals surface area (Å²) < 4.78 is 7.22. The van der Waals surface area contributed by atoms with Gasteiger partial charge in [0.25, 0.3) is 0 Å². The standard InChI is InChI=1S/C18H15N3O2/c1-12-10-21(11-14-6-4-3-5-7-14)18-15(8-19)20-9-16(17(12)18)23-13(2)22/h3-7,9-10H,11H2,1-2H3. The van der Waals surface area contributed by atoms with Gasteiger partial charge in [-0.3, -0.25) is 4.79 Å². The third-order valence-electron chi connectivity index (χ3n) is 3.60. The molecule has 0 radical (unpaired) electrons. The molecule has 0 N–H and O–H groups in total. The fourth-order valence-electron chi connectivity index (χ4n) is 2.73. The number of carbonyl (C=O) groups excluding carboxylic acids is 1. The number of benzene rings is 1. The van der Waals surface area contributed by atoms with E-state index in [0.29, 0.717) is 23.5 Å². The number of aromatic nitrogens is 2. The molecule has 0 aliphatic rings. The molecule has 0 atom stereocenters. The minimum atomic E-state index is -0.409. The maximum absolute atomic E-state index is 11.3. The quantitative estimate of drug-likeness (QED) is 0.697. The lowest BCUT2D eigenvalue weighted by Gasteiger charge is -2.08. The van der Waals surface area contributed by atoms with E-state index >= 15 is 0 Å². The summed E-state index contributed by atoms with van der Waals surface area (Å²) in [4.78, 5) is 15.4. The van der Waals surface area contributed by atoms with Gasteiger partial charge in [0.15, 0.2) is 11.4 Å². The Morgan fingerprint density at radius 2 is 2.09 bits per heavy atom. The van der Waals surface area contributed by atoms with E-state index in [1.807, 2.05) is 48.0 Å². The third kappa shape index (κ3) is 2.79. The van der Waals surface area contributed by atoms with Crippen LogP contribution in [0, 0.1) is 18.3 Å². The molecule has 0 fully saturated rings. The van der Waals surface area contributed by atoms with Crippen LogP contribution < -0.4 is 4.74 Å². The summed E-state index contributed by atoms with van der Waals surface area (Å²) >= 11 is 0. The first kappa shape index (κ1) is 14.8. The molecule has 0 amide bonds. The maximum atomic E-state index is 11.3. The molecular formula is C18H15N3O2. The molecule has 0 unspecified atom stereocenters. The van der Waals surface area contributed by atoms with Gasteiger partial charge in [-0.05, 0) is 18.1 Å². The Morgan fingerprint density at radius 1 is 1.35 bits per heavy atom. The summed E-state index contributed by atoms with van der Waals surface area (Å²) in [6.07, 6.45) is 3.38. The van der Waals surface area contributed by atoms with Crippen LogP contribution in [0.5, 0.6) is 5.75 Å². The van der Waals surface area contributed by atoms with Crippen molar-refractivity contribution in [2.24, 2.45) is 0 Å². The highest BCUT2D eigenvalue weighted by Gasteiger charge is 2.17. The fraction of sp³-hybridized carbons (Fsp3) is 0.167. The average molecular weight is 305 g/mol. The Bertz CT molecular complexity index is 921. The molecule has 0 saturated heterocycles. The van der Waals surface area contributed by atoms with Gasteiger partial charge < -0.3 is 9.30 Å². The Kier molecular flexibility index (Phi) is 3.82. The number of aryl methyl sites for hydroxylation is 1. The van der Waals surface area contributed by atoms with Gasteiger partial charge in [0, 0.05) is 19.7 Å². The van der Waals surface area contributed by atoms with Gasteiger partial charge in [-0.15, -0.1) is 0 Å². The Labute approximate surface area is 133 Å². The lowest BCUT2D eigenvalue weighted by Crippen LogP contribution is -2.04. The van der Waals surface area contributed by atoms with Gasteiger partial charge in [0.1, 0.15) is 6.07 Å².